The van der Waals surface area contributed by atoms with Gasteiger partial charge in [0.25, 0.3) is 0 Å². The predicted octanol–water partition coefficient (Wildman–Crippen LogP) is 0.571. The van der Waals surface area contributed by atoms with Gasteiger partial charge in [-0.3, -0.25) is 4.79 Å². The van der Waals surface area contributed by atoms with E-state index in [0.717, 1.165) is 12.8 Å². The third-order valence-corrected chi connectivity index (χ3v) is 3.75. The van der Waals surface area contributed by atoms with Gasteiger partial charge in [0.1, 0.15) is 0 Å². The van der Waals surface area contributed by atoms with Gasteiger partial charge in [-0.1, -0.05) is 38.8 Å². The van der Waals surface area contributed by atoms with E-state index in [1.807, 2.05) is 6.92 Å². The highest BCUT2D eigenvalue weighted by atomic mass is 16.4. The molecule has 1 amide bonds. The number of anilines is 1. The van der Waals surface area contributed by atoms with E-state index >= 15 is 0 Å². The molecule has 2 atom stereocenters. The van der Waals surface area contributed by atoms with Gasteiger partial charge in [-0.25, -0.2) is 0 Å². The first kappa shape index (κ1) is 18.7. The zero-order valence-electron chi connectivity index (χ0n) is 13.3. The van der Waals surface area contributed by atoms with Crippen LogP contribution in [-0.4, -0.2) is 17.8 Å². The van der Waals surface area contributed by atoms with Crippen molar-refractivity contribution < 1.29 is 24.6 Å². The second-order valence-electron chi connectivity index (χ2n) is 5.67. The van der Waals surface area contributed by atoms with E-state index in [4.69, 9.17) is 0 Å². The smallest absolute Gasteiger partial charge is 0.224 e. The quantitative estimate of drug-likeness (QED) is 0.715. The van der Waals surface area contributed by atoms with E-state index in [9.17, 15) is 24.6 Å². The fourth-order valence-electron chi connectivity index (χ4n) is 2.43. The molecule has 0 aliphatic carbocycles. The Labute approximate surface area is 135 Å². The minimum atomic E-state index is -1.33. The molecule has 0 saturated heterocycles. The van der Waals surface area contributed by atoms with Crippen LogP contribution in [0.5, 0.6) is 0 Å². The molecule has 23 heavy (non-hydrogen) atoms. The Hall–Kier alpha value is -2.37. The maximum atomic E-state index is 12.0. The number of carboxylic acids is 2. The second kappa shape index (κ2) is 8.92. The predicted molar refractivity (Wildman–Crippen MR) is 81.2 cm³/mol. The van der Waals surface area contributed by atoms with Gasteiger partial charge in [-0.2, -0.15) is 0 Å². The Balaban J connectivity index is 2.65. The lowest BCUT2D eigenvalue weighted by Crippen LogP contribution is -2.36. The van der Waals surface area contributed by atoms with Crippen molar-refractivity contribution in [3.8, 4) is 0 Å². The van der Waals surface area contributed by atoms with E-state index in [2.05, 4.69) is 5.32 Å². The third kappa shape index (κ3) is 6.10. The molecule has 0 aliphatic heterocycles. The van der Waals surface area contributed by atoms with Crippen molar-refractivity contribution in [2.75, 3.05) is 5.32 Å². The number of carbonyl (C=O) groups is 3. The Kier molecular flexibility index (Phi) is 7.25. The maximum absolute atomic E-state index is 12.0. The SMILES string of the molecule is CCCC[C@H](C(=O)[O-])[C@@H](C)CC(=O)Nc1cccc(C(=O)[O-])c1. The number of carboxylic acid groups (broad SMARTS) is 2. The summed E-state index contributed by atoms with van der Waals surface area (Å²) < 4.78 is 0. The number of hydrogen-bond donors (Lipinski definition) is 1. The fraction of sp³-hybridized carbons (Fsp3) is 0.471. The molecule has 1 aromatic rings. The first-order valence-corrected chi connectivity index (χ1v) is 7.67. The monoisotopic (exact) mass is 319 g/mol. The van der Waals surface area contributed by atoms with Crippen molar-refractivity contribution in [2.45, 2.75) is 39.5 Å². The molecule has 0 aromatic heterocycles. The fourth-order valence-corrected chi connectivity index (χ4v) is 2.43. The van der Waals surface area contributed by atoms with Crippen LogP contribution >= 0.6 is 0 Å². The topological polar surface area (TPSA) is 109 Å². The number of carbonyl (C=O) groups excluding carboxylic acids is 3. The molecule has 0 bridgehead atoms. The summed E-state index contributed by atoms with van der Waals surface area (Å²) in [6, 6.07) is 5.72. The molecule has 1 N–H and O–H groups in total. The number of aromatic carboxylic acids is 1. The van der Waals surface area contributed by atoms with Gasteiger partial charge in [0, 0.05) is 24.0 Å². The molecule has 0 aliphatic rings. The molecule has 126 valence electrons. The molecule has 0 radical (unpaired) electrons. The summed E-state index contributed by atoms with van der Waals surface area (Å²) in [5.74, 6) is -3.87. The van der Waals surface area contributed by atoms with Crippen molar-refractivity contribution in [1.29, 1.82) is 0 Å². The minimum Gasteiger partial charge on any atom is -0.550 e. The van der Waals surface area contributed by atoms with Crippen molar-refractivity contribution in [2.24, 2.45) is 11.8 Å². The van der Waals surface area contributed by atoms with Gasteiger partial charge in [0.05, 0.1) is 5.97 Å². The normalized spacial score (nSPS) is 13.1. The van der Waals surface area contributed by atoms with Gasteiger partial charge in [0.2, 0.25) is 5.91 Å². The number of nitrogens with one attached hydrogen (secondary N) is 1. The standard InChI is InChI=1S/C17H23NO5/c1-3-4-8-14(17(22)23)11(2)9-15(19)18-13-7-5-6-12(10-13)16(20)21/h5-7,10-11,14H,3-4,8-9H2,1-2H3,(H,18,19)(H,20,21)(H,22,23)/p-2/t11-,14-/m0/s1. The van der Waals surface area contributed by atoms with Gasteiger partial charge < -0.3 is 25.1 Å². The molecule has 0 saturated carbocycles. The number of benzene rings is 1. The van der Waals surface area contributed by atoms with E-state index in [1.165, 1.54) is 18.2 Å². The number of hydrogen-bond acceptors (Lipinski definition) is 5. The maximum Gasteiger partial charge on any atom is 0.224 e. The van der Waals surface area contributed by atoms with Crippen LogP contribution in [0.25, 0.3) is 0 Å². The molecule has 1 rings (SSSR count). The van der Waals surface area contributed by atoms with Gasteiger partial charge in [-0.15, -0.1) is 0 Å². The van der Waals surface area contributed by atoms with Crippen LogP contribution < -0.4 is 15.5 Å². The summed E-state index contributed by atoms with van der Waals surface area (Å²) >= 11 is 0. The molecular weight excluding hydrogens is 298 g/mol. The Morgan fingerprint density at radius 2 is 1.91 bits per heavy atom. The zero-order valence-corrected chi connectivity index (χ0v) is 13.3. The van der Waals surface area contributed by atoms with Crippen LogP contribution in [0.3, 0.4) is 0 Å². The molecule has 1 aromatic carbocycles. The highest BCUT2D eigenvalue weighted by Crippen LogP contribution is 2.22. The lowest BCUT2D eigenvalue weighted by Gasteiger charge is -2.24. The van der Waals surface area contributed by atoms with Crippen molar-refractivity contribution in [3.63, 3.8) is 0 Å². The van der Waals surface area contributed by atoms with E-state index in [1.54, 1.807) is 13.0 Å². The highest BCUT2D eigenvalue weighted by Gasteiger charge is 2.21. The Morgan fingerprint density at radius 1 is 1.22 bits per heavy atom. The lowest BCUT2D eigenvalue weighted by molar-refractivity contribution is -0.313. The summed E-state index contributed by atoms with van der Waals surface area (Å²) in [5.41, 5.74) is 0.300. The first-order chi connectivity index (χ1) is 10.8. The number of aliphatic carboxylic acids is 1. The van der Waals surface area contributed by atoms with Crippen molar-refractivity contribution >= 4 is 23.5 Å². The van der Waals surface area contributed by atoms with E-state index in [-0.39, 0.29) is 23.8 Å². The summed E-state index contributed by atoms with van der Waals surface area (Å²) in [7, 11) is 0. The zero-order chi connectivity index (χ0) is 17.4. The molecule has 0 heterocycles. The number of amides is 1. The van der Waals surface area contributed by atoms with Crippen LogP contribution in [0.4, 0.5) is 5.69 Å². The summed E-state index contributed by atoms with van der Waals surface area (Å²) in [5, 5.41) is 24.6. The number of unbranched alkanes of at least 4 members (excludes halogenated alkanes) is 1. The van der Waals surface area contributed by atoms with E-state index in [0.29, 0.717) is 12.1 Å². The minimum absolute atomic E-state index is 0.0257. The van der Waals surface area contributed by atoms with Gasteiger partial charge in [-0.05, 0) is 30.0 Å². The summed E-state index contributed by atoms with van der Waals surface area (Å²) in [6.45, 7) is 3.67. The molecule has 0 spiro atoms. The molecule has 6 heteroatoms. The first-order valence-electron chi connectivity index (χ1n) is 7.67. The van der Waals surface area contributed by atoms with Crippen molar-refractivity contribution in [1.82, 2.24) is 0 Å². The number of rotatable bonds is 9. The van der Waals surface area contributed by atoms with Crippen LogP contribution in [0, 0.1) is 11.8 Å². The Bertz CT molecular complexity index is 570. The third-order valence-electron chi connectivity index (χ3n) is 3.75. The van der Waals surface area contributed by atoms with Crippen molar-refractivity contribution in [3.05, 3.63) is 29.8 Å². The molecule has 0 fully saturated rings. The average Bonchev–Trinajstić information content (AvgIpc) is 2.47. The van der Waals surface area contributed by atoms with Crippen LogP contribution in [0.2, 0.25) is 0 Å². The van der Waals surface area contributed by atoms with Crippen LogP contribution in [0.1, 0.15) is 49.9 Å². The highest BCUT2D eigenvalue weighted by molar-refractivity contribution is 5.93. The van der Waals surface area contributed by atoms with Crippen LogP contribution in [-0.2, 0) is 9.59 Å². The molecular formula is C17H21NO5-2. The molecule has 0 unspecified atom stereocenters. The Morgan fingerprint density at radius 3 is 2.48 bits per heavy atom. The lowest BCUT2D eigenvalue weighted by atomic mass is 9.87. The molecule has 6 nitrogen and oxygen atoms in total. The largest absolute Gasteiger partial charge is 0.550 e. The van der Waals surface area contributed by atoms with Gasteiger partial charge >= 0.3 is 0 Å². The summed E-state index contributed by atoms with van der Waals surface area (Å²) in [6.07, 6.45) is 2.14. The second-order valence-corrected chi connectivity index (χ2v) is 5.67. The van der Waals surface area contributed by atoms with E-state index < -0.39 is 17.9 Å². The average molecular weight is 319 g/mol. The summed E-state index contributed by atoms with van der Waals surface area (Å²) in [4.78, 5) is 34.0. The van der Waals surface area contributed by atoms with Gasteiger partial charge in [0.15, 0.2) is 0 Å². The van der Waals surface area contributed by atoms with Crippen LogP contribution in [0.15, 0.2) is 24.3 Å².